The molecule has 4 amide bonds. The molecule has 18 nitrogen and oxygen atoms in total. The van der Waals surface area contributed by atoms with E-state index in [1.54, 1.807) is 0 Å². The Bertz CT molecular complexity index is 928. The lowest BCUT2D eigenvalue weighted by atomic mass is 10.0. The third-order valence-corrected chi connectivity index (χ3v) is 5.89. The quantitative estimate of drug-likeness (QED) is 0.0303. The number of guanidine groups is 3. The number of nitrogens with one attached hydrogen (secondary N) is 3. The highest BCUT2D eigenvalue weighted by atomic mass is 16.2. The maximum Gasteiger partial charge on any atom is 0.243 e. The first-order valence-corrected chi connectivity index (χ1v) is 13.9. The van der Waals surface area contributed by atoms with Crippen molar-refractivity contribution in [2.45, 2.75) is 82.3 Å². The summed E-state index contributed by atoms with van der Waals surface area (Å²) in [5.74, 6) is -2.56. The Hall–Kier alpha value is -4.35. The van der Waals surface area contributed by atoms with Gasteiger partial charge in [-0.15, -0.1) is 0 Å². The Balaban J connectivity index is 5.60. The van der Waals surface area contributed by atoms with Crippen molar-refractivity contribution in [1.29, 1.82) is 0 Å². The molecule has 0 aromatic carbocycles. The van der Waals surface area contributed by atoms with Gasteiger partial charge in [0.15, 0.2) is 17.9 Å². The van der Waals surface area contributed by atoms with Crippen LogP contribution >= 0.6 is 0 Å². The van der Waals surface area contributed by atoms with Gasteiger partial charge in [-0.1, -0.05) is 0 Å². The first-order valence-electron chi connectivity index (χ1n) is 13.9. The van der Waals surface area contributed by atoms with Gasteiger partial charge in [-0.2, -0.15) is 0 Å². The molecule has 0 spiro atoms. The first-order chi connectivity index (χ1) is 19.9. The summed E-state index contributed by atoms with van der Waals surface area (Å²) >= 11 is 0. The maximum absolute atomic E-state index is 13.3. The van der Waals surface area contributed by atoms with Crippen molar-refractivity contribution in [3.05, 3.63) is 0 Å². The lowest BCUT2D eigenvalue weighted by Gasteiger charge is -2.25. The molecule has 0 bridgehead atoms. The fourth-order valence-electron chi connectivity index (χ4n) is 3.74. The zero-order valence-corrected chi connectivity index (χ0v) is 24.2. The molecule has 240 valence electrons. The predicted molar refractivity (Wildman–Crippen MR) is 162 cm³/mol. The Morgan fingerprint density at radius 3 is 1.40 bits per heavy atom. The number of hydrogen-bond acceptors (Lipinski definition) is 8. The summed E-state index contributed by atoms with van der Waals surface area (Å²) in [7, 11) is 0. The molecule has 19 N–H and O–H groups in total. The fourth-order valence-corrected chi connectivity index (χ4v) is 3.74. The van der Waals surface area contributed by atoms with Crippen molar-refractivity contribution in [3.63, 3.8) is 0 Å². The lowest BCUT2D eigenvalue weighted by Crippen LogP contribution is -2.56. The minimum absolute atomic E-state index is 0.0356. The van der Waals surface area contributed by atoms with Crippen molar-refractivity contribution in [2.24, 2.45) is 60.8 Å². The number of primary amides is 1. The molecule has 0 aromatic heterocycles. The number of nitrogens with two attached hydrogens (primary N) is 8. The molecule has 3 unspecified atom stereocenters. The van der Waals surface area contributed by atoms with Crippen LogP contribution in [0.25, 0.3) is 0 Å². The van der Waals surface area contributed by atoms with Gasteiger partial charge in [-0.3, -0.25) is 34.2 Å². The number of amides is 4. The van der Waals surface area contributed by atoms with Crippen LogP contribution in [0.4, 0.5) is 0 Å². The molecule has 0 fully saturated rings. The van der Waals surface area contributed by atoms with Crippen LogP contribution in [0.15, 0.2) is 15.0 Å². The molecule has 0 aliphatic rings. The molecular weight excluding hydrogens is 548 g/mol. The van der Waals surface area contributed by atoms with Crippen LogP contribution in [0.2, 0.25) is 0 Å². The van der Waals surface area contributed by atoms with Gasteiger partial charge >= 0.3 is 0 Å². The predicted octanol–water partition coefficient (Wildman–Crippen LogP) is -4.39. The van der Waals surface area contributed by atoms with Gasteiger partial charge in [0.05, 0.1) is 0 Å². The van der Waals surface area contributed by atoms with Crippen LogP contribution in [-0.4, -0.2) is 85.8 Å². The minimum atomic E-state index is -1.07. The summed E-state index contributed by atoms with van der Waals surface area (Å²) in [4.78, 5) is 62.7. The number of carbonyl (C=O) groups is 4. The number of carbonyl (C=O) groups excluding carboxylic acids is 4. The summed E-state index contributed by atoms with van der Waals surface area (Å²) in [6.07, 6.45) is 3.72. The van der Waals surface area contributed by atoms with Gasteiger partial charge in [0.2, 0.25) is 23.6 Å². The molecule has 42 heavy (non-hydrogen) atoms. The van der Waals surface area contributed by atoms with E-state index in [4.69, 9.17) is 45.9 Å². The smallest absolute Gasteiger partial charge is 0.243 e. The average Bonchev–Trinajstić information content (AvgIpc) is 2.90. The molecule has 3 atom stereocenters. The first kappa shape index (κ1) is 37.6. The number of aliphatic imine (C=N–C) groups is 3. The van der Waals surface area contributed by atoms with E-state index in [-0.39, 0.29) is 56.1 Å². The highest BCUT2D eigenvalue weighted by molar-refractivity contribution is 5.94. The Morgan fingerprint density at radius 1 is 0.524 bits per heavy atom. The molecule has 0 heterocycles. The third-order valence-electron chi connectivity index (χ3n) is 5.89. The van der Waals surface area contributed by atoms with E-state index in [1.807, 2.05) is 0 Å². The van der Waals surface area contributed by atoms with Crippen molar-refractivity contribution in [3.8, 4) is 0 Å². The number of nitrogens with zero attached hydrogens (tertiary/aromatic N) is 3. The number of hydrogen-bond donors (Lipinski definition) is 11. The zero-order chi connectivity index (χ0) is 31.9. The van der Waals surface area contributed by atoms with E-state index in [0.717, 1.165) is 0 Å². The Kier molecular flexibility index (Phi) is 20.0. The van der Waals surface area contributed by atoms with Crippen molar-refractivity contribution < 1.29 is 19.2 Å². The topological polar surface area (TPSA) is 350 Å². The van der Waals surface area contributed by atoms with Crippen molar-refractivity contribution >= 4 is 41.5 Å². The second kappa shape index (κ2) is 22.4. The van der Waals surface area contributed by atoms with E-state index in [2.05, 4.69) is 30.9 Å². The Labute approximate surface area is 246 Å². The van der Waals surface area contributed by atoms with Gasteiger partial charge in [-0.25, -0.2) is 0 Å². The molecule has 0 saturated carbocycles. The molecule has 0 aliphatic carbocycles. The molecule has 0 saturated heterocycles. The molecule has 0 aliphatic heterocycles. The van der Waals surface area contributed by atoms with Gasteiger partial charge in [0, 0.05) is 26.1 Å². The van der Waals surface area contributed by atoms with E-state index < -0.39 is 35.8 Å². The summed E-state index contributed by atoms with van der Waals surface area (Å²) in [6, 6.07) is -3.01. The van der Waals surface area contributed by atoms with Gasteiger partial charge in [0.1, 0.15) is 18.1 Å². The Morgan fingerprint density at radius 2 is 0.952 bits per heavy atom. The summed E-state index contributed by atoms with van der Waals surface area (Å²) in [5, 5.41) is 7.99. The SMILES string of the molecule is NCCCCC(NC(=O)C(CCCN=C(N)N)NC(=O)C(CCCN=C(N)N)NC(=O)CCCCN=C(N)N)C(N)=O. The van der Waals surface area contributed by atoms with E-state index >= 15 is 0 Å². The fraction of sp³-hybridized carbons (Fsp3) is 0.708. The minimum Gasteiger partial charge on any atom is -0.370 e. The van der Waals surface area contributed by atoms with Crippen molar-refractivity contribution in [2.75, 3.05) is 26.2 Å². The third kappa shape index (κ3) is 19.7. The van der Waals surface area contributed by atoms with Crippen LogP contribution in [0.3, 0.4) is 0 Å². The average molecular weight is 599 g/mol. The van der Waals surface area contributed by atoms with E-state index in [1.165, 1.54) is 0 Å². The molecule has 0 aromatic rings. The van der Waals surface area contributed by atoms with Crippen LogP contribution in [0.5, 0.6) is 0 Å². The van der Waals surface area contributed by atoms with Crippen LogP contribution in [-0.2, 0) is 19.2 Å². The summed E-state index contributed by atoms with van der Waals surface area (Å²) in [5.41, 5.74) is 43.1. The summed E-state index contributed by atoms with van der Waals surface area (Å²) < 4.78 is 0. The number of rotatable bonds is 23. The van der Waals surface area contributed by atoms with Crippen LogP contribution in [0.1, 0.15) is 64.2 Å². The molecule has 18 heteroatoms. The van der Waals surface area contributed by atoms with Gasteiger partial charge < -0.3 is 61.8 Å². The molecule has 0 radical (unpaired) electrons. The van der Waals surface area contributed by atoms with E-state index in [9.17, 15) is 19.2 Å². The summed E-state index contributed by atoms with van der Waals surface area (Å²) in [6.45, 7) is 1.23. The van der Waals surface area contributed by atoms with Crippen molar-refractivity contribution in [1.82, 2.24) is 16.0 Å². The largest absolute Gasteiger partial charge is 0.370 e. The standard InChI is InChI=1S/C24H50N14O4/c25-11-3-1-7-15(19(26)40)37-21(42)17(9-6-14-35-24(31)32)38-20(41)16(8-5-13-34-23(29)30)36-18(39)10-2-4-12-33-22(27)28/h15-17H,1-14,25H2,(H2,26,40)(H,36,39)(H,37,42)(H,38,41)(H4,27,28,33)(H4,29,30,34)(H4,31,32,35). The van der Waals surface area contributed by atoms with Crippen LogP contribution in [0, 0.1) is 0 Å². The molecule has 0 rings (SSSR count). The van der Waals surface area contributed by atoms with Crippen LogP contribution < -0.4 is 61.8 Å². The molecular formula is C24H50N14O4. The zero-order valence-electron chi connectivity index (χ0n) is 24.2. The maximum atomic E-state index is 13.3. The van der Waals surface area contributed by atoms with Gasteiger partial charge in [-0.05, 0) is 64.3 Å². The number of unbranched alkanes of at least 4 members (excludes halogenated alkanes) is 2. The second-order valence-electron chi connectivity index (χ2n) is 9.59. The van der Waals surface area contributed by atoms with Gasteiger partial charge in [0.25, 0.3) is 0 Å². The highest BCUT2D eigenvalue weighted by Gasteiger charge is 2.28. The second-order valence-corrected chi connectivity index (χ2v) is 9.59. The normalized spacial score (nSPS) is 12.6. The van der Waals surface area contributed by atoms with E-state index in [0.29, 0.717) is 58.0 Å². The highest BCUT2D eigenvalue weighted by Crippen LogP contribution is 2.07. The monoisotopic (exact) mass is 598 g/mol. The lowest BCUT2D eigenvalue weighted by molar-refractivity contribution is -0.133.